The topological polar surface area (TPSA) is 107 Å². The van der Waals surface area contributed by atoms with E-state index in [1.807, 2.05) is 0 Å². The molecule has 7 nitrogen and oxygen atoms in total. The van der Waals surface area contributed by atoms with Crippen LogP contribution in [-0.4, -0.2) is 52.6 Å². The zero-order valence-electron chi connectivity index (χ0n) is 23.7. The molecule has 4 aliphatic rings. The lowest BCUT2D eigenvalue weighted by Crippen LogP contribution is -2.70. The van der Waals surface area contributed by atoms with E-state index in [1.54, 1.807) is 33.8 Å². The van der Waals surface area contributed by atoms with Crippen molar-refractivity contribution >= 4 is 23.5 Å². The highest BCUT2D eigenvalue weighted by molar-refractivity contribution is 6.01. The van der Waals surface area contributed by atoms with Crippen LogP contribution in [-0.2, 0) is 23.9 Å². The number of aliphatic hydroxyl groups excluding tert-OH is 1. The Morgan fingerprint density at radius 2 is 1.80 bits per heavy atom. The molecule has 8 atom stereocenters. The lowest BCUT2D eigenvalue weighted by atomic mass is 9.44. The van der Waals surface area contributed by atoms with E-state index in [4.69, 9.17) is 9.47 Å². The monoisotopic (exact) mass is 570 g/mol. The van der Waals surface area contributed by atoms with Crippen molar-refractivity contribution in [1.82, 2.24) is 0 Å². The molecule has 9 heteroatoms. The molecule has 3 fully saturated rings. The highest BCUT2D eigenvalue weighted by Gasteiger charge is 2.78. The zero-order chi connectivity index (χ0) is 30.0. The summed E-state index contributed by atoms with van der Waals surface area (Å²) in [6.07, 6.45) is 3.72. The summed E-state index contributed by atoms with van der Waals surface area (Å²) >= 11 is 0. The Morgan fingerprint density at radius 1 is 1.12 bits per heavy atom. The number of ketones is 2. The maximum atomic E-state index is 17.5. The van der Waals surface area contributed by atoms with E-state index >= 15 is 4.39 Å². The minimum Gasteiger partial charge on any atom is -0.454 e. The molecule has 0 bridgehead atoms. The lowest BCUT2D eigenvalue weighted by molar-refractivity contribution is -0.236. The van der Waals surface area contributed by atoms with Gasteiger partial charge < -0.3 is 14.6 Å². The summed E-state index contributed by atoms with van der Waals surface area (Å²) in [6, 6.07) is 4.82. The Morgan fingerprint density at radius 3 is 2.46 bits per heavy atom. The zero-order valence-corrected chi connectivity index (χ0v) is 23.7. The van der Waals surface area contributed by atoms with Gasteiger partial charge in [0.25, 0.3) is 0 Å². The largest absolute Gasteiger partial charge is 0.454 e. The van der Waals surface area contributed by atoms with E-state index in [9.17, 15) is 28.7 Å². The molecule has 0 spiro atoms. The first kappa shape index (κ1) is 29.3. The number of fused-ring (bicyclic) bond motifs is 5. The molecule has 1 N–H and O–H groups in total. The maximum absolute atomic E-state index is 17.5. The molecule has 1 aromatic carbocycles. The van der Waals surface area contributed by atoms with Crippen LogP contribution in [0, 0.1) is 34.4 Å². The molecule has 5 rings (SSSR count). The molecule has 0 aliphatic heterocycles. The van der Waals surface area contributed by atoms with Gasteiger partial charge in [0.15, 0.2) is 23.8 Å². The van der Waals surface area contributed by atoms with Gasteiger partial charge in [-0.15, -0.1) is 0 Å². The average Bonchev–Trinajstić information content (AvgIpc) is 3.15. The molecule has 0 heterocycles. The molecule has 0 aromatic heterocycles. The van der Waals surface area contributed by atoms with Crippen LogP contribution in [0.3, 0.4) is 0 Å². The number of aliphatic hydroxyl groups is 1. The van der Waals surface area contributed by atoms with Crippen molar-refractivity contribution < 1.29 is 42.5 Å². The number of alkyl halides is 1. The van der Waals surface area contributed by atoms with Gasteiger partial charge in [-0.1, -0.05) is 32.4 Å². The number of carbonyl (C=O) groups is 4. The average molecular weight is 571 g/mol. The SMILES string of the molecule is CCC(=O)O[C@]1(C(=O)OCC(=O)c2ccc(F)cc2)[C@H](C)C[C@H]2[C@@H]3CCC4=CC(=O)C=C[C@]4(C)[C@@]3(F)[C@@H](O)C[C@@]21C. The minimum atomic E-state index is -2.12. The van der Waals surface area contributed by atoms with Crippen LogP contribution in [0.15, 0.2) is 48.1 Å². The number of Topliss-reactive ketones (excluding diaryl/α,β-unsaturated/α-hetero) is 1. The number of esters is 2. The van der Waals surface area contributed by atoms with Gasteiger partial charge in [0.2, 0.25) is 5.60 Å². The summed E-state index contributed by atoms with van der Waals surface area (Å²) in [4.78, 5) is 51.7. The number of carbonyl (C=O) groups excluding carboxylic acids is 4. The van der Waals surface area contributed by atoms with E-state index < -0.39 is 76.1 Å². The highest BCUT2D eigenvalue weighted by Crippen LogP contribution is 2.71. The second-order valence-corrected chi connectivity index (χ2v) is 12.5. The molecule has 220 valence electrons. The predicted molar refractivity (Wildman–Crippen MR) is 144 cm³/mol. The third-order valence-corrected chi connectivity index (χ3v) is 10.5. The number of hydrogen-bond acceptors (Lipinski definition) is 7. The van der Waals surface area contributed by atoms with E-state index in [0.29, 0.717) is 24.8 Å². The minimum absolute atomic E-state index is 0.0267. The van der Waals surface area contributed by atoms with Crippen molar-refractivity contribution in [2.75, 3.05) is 6.61 Å². The summed E-state index contributed by atoms with van der Waals surface area (Å²) in [5.41, 5.74) is -5.62. The Labute approximate surface area is 238 Å². The number of halogens is 2. The maximum Gasteiger partial charge on any atom is 0.351 e. The first-order valence-electron chi connectivity index (χ1n) is 14.2. The number of rotatable bonds is 6. The van der Waals surface area contributed by atoms with Gasteiger partial charge in [-0.05, 0) is 74.9 Å². The molecule has 0 radical (unpaired) electrons. The van der Waals surface area contributed by atoms with Gasteiger partial charge in [0.05, 0.1) is 6.10 Å². The normalized spacial score (nSPS) is 39.2. The quantitative estimate of drug-likeness (QED) is 0.385. The van der Waals surface area contributed by atoms with Crippen LogP contribution in [0.1, 0.15) is 70.2 Å². The molecule has 4 aliphatic carbocycles. The van der Waals surface area contributed by atoms with E-state index in [0.717, 1.165) is 12.1 Å². The first-order valence-corrected chi connectivity index (χ1v) is 14.2. The van der Waals surface area contributed by atoms with Crippen molar-refractivity contribution in [3.05, 3.63) is 59.4 Å². The fourth-order valence-corrected chi connectivity index (χ4v) is 8.43. The standard InChI is InChI=1S/C32H36F2O7/c1-5-27(38)41-32(28(39)40-17-25(36)19-6-9-21(33)10-7-19)18(2)14-24-23-11-8-20-15-22(35)12-13-29(20,3)31(23,34)26(37)16-30(24,32)4/h6-7,9-10,12-13,15,18,23-24,26,37H,5,8,11,14,16-17H2,1-4H3/t18-,23+,24+,26+,29+,30+,31+,32+/m1/s1. The van der Waals surface area contributed by atoms with Crippen molar-refractivity contribution in [3.63, 3.8) is 0 Å². The van der Waals surface area contributed by atoms with E-state index in [1.165, 1.54) is 24.3 Å². The van der Waals surface area contributed by atoms with Crippen LogP contribution in [0.5, 0.6) is 0 Å². The van der Waals surface area contributed by atoms with Crippen LogP contribution >= 0.6 is 0 Å². The molecule has 41 heavy (non-hydrogen) atoms. The number of benzene rings is 1. The molecule has 0 saturated heterocycles. The van der Waals surface area contributed by atoms with Crippen molar-refractivity contribution in [2.45, 2.75) is 77.2 Å². The Kier molecular flexibility index (Phi) is 7.12. The van der Waals surface area contributed by atoms with Gasteiger partial charge in [0, 0.05) is 34.7 Å². The van der Waals surface area contributed by atoms with Crippen LogP contribution in [0.25, 0.3) is 0 Å². The number of allylic oxidation sites excluding steroid dienone is 4. The van der Waals surface area contributed by atoms with Crippen LogP contribution in [0.4, 0.5) is 8.78 Å². The molecular weight excluding hydrogens is 534 g/mol. The van der Waals surface area contributed by atoms with Crippen molar-refractivity contribution in [3.8, 4) is 0 Å². The molecule has 0 amide bonds. The van der Waals surface area contributed by atoms with Gasteiger partial charge in [-0.25, -0.2) is 13.6 Å². The highest BCUT2D eigenvalue weighted by atomic mass is 19.1. The third-order valence-electron chi connectivity index (χ3n) is 10.5. The summed E-state index contributed by atoms with van der Waals surface area (Å²) in [5, 5.41) is 11.6. The summed E-state index contributed by atoms with van der Waals surface area (Å²) < 4.78 is 42.3. The van der Waals surface area contributed by atoms with Crippen molar-refractivity contribution in [1.29, 1.82) is 0 Å². The fourth-order valence-electron chi connectivity index (χ4n) is 8.43. The van der Waals surface area contributed by atoms with Gasteiger partial charge in [0.1, 0.15) is 5.82 Å². The second-order valence-electron chi connectivity index (χ2n) is 12.5. The lowest BCUT2D eigenvalue weighted by Gasteiger charge is -2.62. The van der Waals surface area contributed by atoms with Crippen LogP contribution < -0.4 is 0 Å². The Balaban J connectivity index is 1.51. The second kappa shape index (κ2) is 9.96. The number of hydrogen-bond donors (Lipinski definition) is 1. The van der Waals surface area contributed by atoms with Crippen molar-refractivity contribution in [2.24, 2.45) is 28.6 Å². The Hall–Kier alpha value is -3.20. The van der Waals surface area contributed by atoms with Gasteiger partial charge >= 0.3 is 11.9 Å². The summed E-state index contributed by atoms with van der Waals surface area (Å²) in [5.74, 6) is -4.64. The third kappa shape index (κ3) is 4.06. The predicted octanol–water partition coefficient (Wildman–Crippen LogP) is 4.86. The summed E-state index contributed by atoms with van der Waals surface area (Å²) in [6.45, 7) is 6.12. The smallest absolute Gasteiger partial charge is 0.351 e. The Bertz CT molecular complexity index is 1350. The molecule has 3 saturated carbocycles. The first-order chi connectivity index (χ1) is 19.2. The molecule has 0 unspecified atom stereocenters. The van der Waals surface area contributed by atoms with Crippen LogP contribution in [0.2, 0.25) is 0 Å². The summed E-state index contributed by atoms with van der Waals surface area (Å²) in [7, 11) is 0. The molecule has 1 aromatic rings. The van der Waals surface area contributed by atoms with Gasteiger partial charge in [-0.2, -0.15) is 0 Å². The fraction of sp³-hybridized carbons (Fsp3) is 0.562. The molecular formula is C32H36F2O7. The van der Waals surface area contributed by atoms with E-state index in [2.05, 4.69) is 0 Å². The van der Waals surface area contributed by atoms with Gasteiger partial charge in [-0.3, -0.25) is 14.4 Å². The van der Waals surface area contributed by atoms with E-state index in [-0.39, 0.29) is 24.2 Å². The number of ether oxygens (including phenoxy) is 2.